The van der Waals surface area contributed by atoms with Gasteiger partial charge < -0.3 is 19.2 Å². The van der Waals surface area contributed by atoms with E-state index in [9.17, 15) is 13.6 Å². The van der Waals surface area contributed by atoms with Crippen LogP contribution in [0.3, 0.4) is 0 Å². The predicted octanol–water partition coefficient (Wildman–Crippen LogP) is 6.05. The molecule has 1 amide bonds. The van der Waals surface area contributed by atoms with Crippen LogP contribution in [-0.2, 0) is 0 Å². The van der Waals surface area contributed by atoms with Crippen LogP contribution in [0.1, 0.15) is 10.4 Å². The number of carbonyl (C=O) groups is 1. The molecule has 0 spiro atoms. The topological polar surface area (TPSA) is 80.6 Å². The molecule has 0 radical (unpaired) electrons. The summed E-state index contributed by atoms with van der Waals surface area (Å²) in [5, 5.41) is 2.80. The average molecular weight is 504 g/mol. The molecule has 2 aromatic carbocycles. The Kier molecular flexibility index (Phi) is 6.50. The zero-order valence-electron chi connectivity index (χ0n) is 18.9. The third kappa shape index (κ3) is 4.98. The highest BCUT2D eigenvalue weighted by Crippen LogP contribution is 2.33. The third-order valence-electron chi connectivity index (χ3n) is 5.27. The Labute approximate surface area is 209 Å². The average Bonchev–Trinajstić information content (AvgIpc) is 3.30. The van der Waals surface area contributed by atoms with Gasteiger partial charge >= 0.3 is 0 Å². The molecular weight excluding hydrogens is 484 g/mol. The molecular formula is C26H19F2N5O2S. The number of hydrogen-bond donors (Lipinski definition) is 2. The second kappa shape index (κ2) is 10.0. The van der Waals surface area contributed by atoms with Crippen LogP contribution in [0, 0.1) is 11.6 Å². The Balaban J connectivity index is 1.38. The van der Waals surface area contributed by atoms with Crippen molar-refractivity contribution in [3.8, 4) is 17.0 Å². The first-order valence-electron chi connectivity index (χ1n) is 10.8. The number of halogens is 2. The van der Waals surface area contributed by atoms with Crippen LogP contribution in [0.4, 0.5) is 20.3 Å². The van der Waals surface area contributed by atoms with Crippen molar-refractivity contribution in [2.24, 2.45) is 0 Å². The van der Waals surface area contributed by atoms with Crippen LogP contribution in [0.15, 0.2) is 90.2 Å². The summed E-state index contributed by atoms with van der Waals surface area (Å²) in [6, 6.07) is 17.8. The van der Waals surface area contributed by atoms with E-state index in [1.165, 1.54) is 19.2 Å². The van der Waals surface area contributed by atoms with Gasteiger partial charge in [-0.15, -0.1) is 0 Å². The standard InChI is InChI=1S/C26H19F2N5O2S/c1-35-26-21(32-36-22-9-8-19(27)12-20(22)28)11-18(13-29-26)17-7-10-24-30-23(15-33(24)14-17)31-25(34)16-5-3-2-4-6-16/h2-15,32H,1H3,(H,31,34). The number of hydrogen-bond acceptors (Lipinski definition) is 6. The Morgan fingerprint density at radius 3 is 2.61 bits per heavy atom. The SMILES string of the molecule is COc1ncc(-c2ccc3nc(NC(=O)c4ccccc4)cn3c2)cc1NSc1ccc(F)cc1F. The fourth-order valence-electron chi connectivity index (χ4n) is 3.51. The first-order valence-corrected chi connectivity index (χ1v) is 11.6. The molecule has 3 aromatic heterocycles. The number of nitrogens with one attached hydrogen (secondary N) is 2. The molecule has 0 aliphatic rings. The van der Waals surface area contributed by atoms with E-state index < -0.39 is 11.6 Å². The highest BCUT2D eigenvalue weighted by Gasteiger charge is 2.12. The summed E-state index contributed by atoms with van der Waals surface area (Å²) in [6.07, 6.45) is 5.24. The molecule has 0 atom stereocenters. The lowest BCUT2D eigenvalue weighted by atomic mass is 10.1. The van der Waals surface area contributed by atoms with Gasteiger partial charge in [0, 0.05) is 35.2 Å². The van der Waals surface area contributed by atoms with Gasteiger partial charge in [0.25, 0.3) is 5.91 Å². The summed E-state index contributed by atoms with van der Waals surface area (Å²) < 4.78 is 37.4. The van der Waals surface area contributed by atoms with Gasteiger partial charge in [-0.2, -0.15) is 0 Å². The van der Waals surface area contributed by atoms with Gasteiger partial charge in [-0.05, 0) is 54.4 Å². The molecule has 0 aliphatic carbocycles. The van der Waals surface area contributed by atoms with E-state index in [1.807, 2.05) is 30.5 Å². The lowest BCUT2D eigenvalue weighted by molar-refractivity contribution is 0.102. The second-order valence-corrected chi connectivity index (χ2v) is 8.54. The van der Waals surface area contributed by atoms with Gasteiger partial charge in [0.1, 0.15) is 23.0 Å². The van der Waals surface area contributed by atoms with Crippen LogP contribution in [0.2, 0.25) is 0 Å². The number of nitrogens with zero attached hydrogens (tertiary/aromatic N) is 3. The third-order valence-corrected chi connectivity index (χ3v) is 6.14. The summed E-state index contributed by atoms with van der Waals surface area (Å²) in [7, 11) is 1.49. The summed E-state index contributed by atoms with van der Waals surface area (Å²) in [6.45, 7) is 0. The molecule has 0 fully saturated rings. The Hall–Kier alpha value is -4.44. The minimum absolute atomic E-state index is 0.230. The van der Waals surface area contributed by atoms with Crippen LogP contribution < -0.4 is 14.8 Å². The molecule has 2 N–H and O–H groups in total. The van der Waals surface area contributed by atoms with Crippen LogP contribution in [0.5, 0.6) is 5.88 Å². The maximum atomic E-state index is 14.0. The second-order valence-electron chi connectivity index (χ2n) is 7.69. The number of fused-ring (bicyclic) bond motifs is 1. The van der Waals surface area contributed by atoms with Crippen molar-refractivity contribution in [2.75, 3.05) is 17.1 Å². The number of aromatic nitrogens is 3. The fourth-order valence-corrected chi connectivity index (χ4v) is 4.17. The maximum Gasteiger partial charge on any atom is 0.256 e. The number of pyridine rings is 2. The molecule has 0 unspecified atom stereocenters. The first kappa shape index (κ1) is 23.3. The van der Waals surface area contributed by atoms with Crippen molar-refractivity contribution in [3.63, 3.8) is 0 Å². The molecule has 7 nitrogen and oxygen atoms in total. The van der Waals surface area contributed by atoms with E-state index in [1.54, 1.807) is 41.1 Å². The monoisotopic (exact) mass is 503 g/mol. The van der Waals surface area contributed by atoms with Gasteiger partial charge in [-0.1, -0.05) is 18.2 Å². The molecule has 3 heterocycles. The fraction of sp³-hybridized carbons (Fsp3) is 0.0385. The number of rotatable bonds is 7. The van der Waals surface area contributed by atoms with E-state index in [4.69, 9.17) is 4.74 Å². The number of carbonyl (C=O) groups excluding carboxylic acids is 1. The van der Waals surface area contributed by atoms with Crippen LogP contribution in [0.25, 0.3) is 16.8 Å². The predicted molar refractivity (Wildman–Crippen MR) is 135 cm³/mol. The zero-order valence-corrected chi connectivity index (χ0v) is 19.7. The molecule has 36 heavy (non-hydrogen) atoms. The largest absolute Gasteiger partial charge is 0.480 e. The number of amides is 1. The lowest BCUT2D eigenvalue weighted by Crippen LogP contribution is -2.11. The van der Waals surface area contributed by atoms with Gasteiger partial charge in [0.15, 0.2) is 5.82 Å². The smallest absolute Gasteiger partial charge is 0.256 e. The van der Waals surface area contributed by atoms with Crippen LogP contribution in [-0.4, -0.2) is 27.4 Å². The molecule has 0 bridgehead atoms. The van der Waals surface area contributed by atoms with E-state index in [0.29, 0.717) is 28.6 Å². The Morgan fingerprint density at radius 2 is 1.83 bits per heavy atom. The number of anilines is 2. The number of imidazole rings is 1. The highest BCUT2D eigenvalue weighted by molar-refractivity contribution is 8.00. The summed E-state index contributed by atoms with van der Waals surface area (Å²) in [5.74, 6) is -0.811. The normalized spacial score (nSPS) is 10.9. The lowest BCUT2D eigenvalue weighted by Gasteiger charge is -2.12. The van der Waals surface area contributed by atoms with Crippen molar-refractivity contribution in [1.82, 2.24) is 14.4 Å². The molecule has 5 rings (SSSR count). The first-order chi connectivity index (χ1) is 17.5. The quantitative estimate of drug-likeness (QED) is 0.263. The summed E-state index contributed by atoms with van der Waals surface area (Å²) >= 11 is 0.985. The summed E-state index contributed by atoms with van der Waals surface area (Å²) in [4.78, 5) is 21.5. The van der Waals surface area contributed by atoms with E-state index >= 15 is 0 Å². The van der Waals surface area contributed by atoms with Gasteiger partial charge in [-0.25, -0.2) is 18.7 Å². The van der Waals surface area contributed by atoms with Crippen LogP contribution >= 0.6 is 11.9 Å². The van der Waals surface area contributed by atoms with Gasteiger partial charge in [-0.3, -0.25) is 4.79 Å². The molecule has 0 aliphatic heterocycles. The highest BCUT2D eigenvalue weighted by atomic mass is 32.2. The Bertz CT molecular complexity index is 1560. The molecule has 0 saturated carbocycles. The van der Waals surface area contributed by atoms with E-state index in [2.05, 4.69) is 20.0 Å². The summed E-state index contributed by atoms with van der Waals surface area (Å²) in [5.41, 5.74) is 3.31. The number of methoxy groups -OCH3 is 1. The van der Waals surface area contributed by atoms with Crippen molar-refractivity contribution in [3.05, 3.63) is 103 Å². The van der Waals surface area contributed by atoms with Crippen molar-refractivity contribution < 1.29 is 18.3 Å². The van der Waals surface area contributed by atoms with E-state index in [0.717, 1.165) is 29.1 Å². The van der Waals surface area contributed by atoms with E-state index in [-0.39, 0.29) is 10.8 Å². The minimum atomic E-state index is -0.670. The Morgan fingerprint density at radius 1 is 1.00 bits per heavy atom. The maximum absolute atomic E-state index is 14.0. The van der Waals surface area contributed by atoms with Gasteiger partial charge in [0.05, 0.1) is 18.2 Å². The van der Waals surface area contributed by atoms with Crippen molar-refractivity contribution in [1.29, 1.82) is 0 Å². The number of ether oxygens (including phenoxy) is 1. The van der Waals surface area contributed by atoms with Crippen molar-refractivity contribution >= 4 is 35.0 Å². The van der Waals surface area contributed by atoms with Crippen molar-refractivity contribution in [2.45, 2.75) is 4.90 Å². The minimum Gasteiger partial charge on any atom is -0.480 e. The number of benzene rings is 2. The molecule has 180 valence electrons. The zero-order chi connectivity index (χ0) is 25.1. The molecule has 5 aromatic rings. The molecule has 0 saturated heterocycles. The van der Waals surface area contributed by atoms with Gasteiger partial charge in [0.2, 0.25) is 5.88 Å². The molecule has 10 heteroatoms.